The monoisotopic (exact) mass is 321 g/mol. The van der Waals surface area contributed by atoms with Crippen LogP contribution >= 0.6 is 15.9 Å². The minimum Gasteiger partial charge on any atom is -0.369 e. The number of imidazole rings is 1. The van der Waals surface area contributed by atoms with Crippen molar-refractivity contribution in [3.63, 3.8) is 0 Å². The van der Waals surface area contributed by atoms with Crippen LogP contribution in [-0.4, -0.2) is 29.2 Å². The first-order chi connectivity index (χ1) is 9.25. The van der Waals surface area contributed by atoms with Crippen LogP contribution in [-0.2, 0) is 4.74 Å². The zero-order valence-electron chi connectivity index (χ0n) is 10.8. The van der Waals surface area contributed by atoms with Crippen LogP contribution in [0.3, 0.4) is 0 Å². The molecule has 1 saturated heterocycles. The molecular formula is C14H16BrN3O. The van der Waals surface area contributed by atoms with Crippen molar-refractivity contribution >= 4 is 15.9 Å². The van der Waals surface area contributed by atoms with Crippen LogP contribution in [0, 0.1) is 6.92 Å². The average Bonchev–Trinajstić information content (AvgIpc) is 2.92. The van der Waals surface area contributed by atoms with Crippen molar-refractivity contribution < 1.29 is 4.74 Å². The van der Waals surface area contributed by atoms with Gasteiger partial charge in [-0.05, 0) is 30.7 Å². The average molecular weight is 322 g/mol. The molecule has 2 aromatic rings. The lowest BCUT2D eigenvalue weighted by Crippen LogP contribution is -2.34. The van der Waals surface area contributed by atoms with E-state index in [0.717, 1.165) is 35.6 Å². The summed E-state index contributed by atoms with van der Waals surface area (Å²) >= 11 is 3.53. The molecular weight excluding hydrogens is 306 g/mol. The molecule has 1 aliphatic rings. The minimum absolute atomic E-state index is 0.0696. The molecule has 0 radical (unpaired) electrons. The van der Waals surface area contributed by atoms with Crippen molar-refractivity contribution in [2.75, 3.05) is 19.7 Å². The van der Waals surface area contributed by atoms with Crippen molar-refractivity contribution in [1.82, 2.24) is 14.9 Å². The van der Waals surface area contributed by atoms with Gasteiger partial charge in [-0.2, -0.15) is 0 Å². The number of nitrogens with one attached hydrogen (secondary N) is 1. The topological polar surface area (TPSA) is 39.1 Å². The molecule has 0 amide bonds. The van der Waals surface area contributed by atoms with E-state index < -0.39 is 0 Å². The Morgan fingerprint density at radius 1 is 1.47 bits per heavy atom. The molecule has 0 spiro atoms. The smallest absolute Gasteiger partial charge is 0.112 e. The lowest BCUT2D eigenvalue weighted by Gasteiger charge is -2.24. The molecule has 1 atom stereocenters. The van der Waals surface area contributed by atoms with E-state index in [1.807, 2.05) is 12.5 Å². The third-order valence-corrected chi connectivity index (χ3v) is 4.23. The van der Waals surface area contributed by atoms with Crippen LogP contribution in [0.4, 0.5) is 0 Å². The Kier molecular flexibility index (Phi) is 3.68. The molecule has 1 aromatic carbocycles. The zero-order valence-corrected chi connectivity index (χ0v) is 12.4. The van der Waals surface area contributed by atoms with Gasteiger partial charge in [0.2, 0.25) is 0 Å². The van der Waals surface area contributed by atoms with E-state index in [0.29, 0.717) is 0 Å². The summed E-state index contributed by atoms with van der Waals surface area (Å²) in [5.74, 6) is 0. The number of rotatable bonds is 2. The van der Waals surface area contributed by atoms with Gasteiger partial charge in [-0.3, -0.25) is 0 Å². The second kappa shape index (κ2) is 5.45. The van der Waals surface area contributed by atoms with Gasteiger partial charge in [0, 0.05) is 23.2 Å². The standard InChI is InChI=1S/C14H16BrN3O/c1-10-6-11(2-3-12(10)15)18-9-17-7-13(18)14-8-16-4-5-19-14/h2-3,6-7,9,14,16H,4-5,8H2,1H3. The van der Waals surface area contributed by atoms with Crippen LogP contribution < -0.4 is 5.32 Å². The predicted octanol–water partition coefficient (Wildman–Crippen LogP) is 2.60. The summed E-state index contributed by atoms with van der Waals surface area (Å²) in [5.41, 5.74) is 3.41. The van der Waals surface area contributed by atoms with Crippen LogP contribution in [0.1, 0.15) is 17.4 Å². The molecule has 2 heterocycles. The Morgan fingerprint density at radius 3 is 3.11 bits per heavy atom. The minimum atomic E-state index is 0.0696. The number of hydrogen-bond donors (Lipinski definition) is 1. The lowest BCUT2D eigenvalue weighted by atomic mass is 10.2. The SMILES string of the molecule is Cc1cc(-n2cncc2C2CNCCO2)ccc1Br. The van der Waals surface area contributed by atoms with Gasteiger partial charge in [0.1, 0.15) is 6.10 Å². The Bertz CT molecular complexity index is 576. The van der Waals surface area contributed by atoms with E-state index >= 15 is 0 Å². The Hall–Kier alpha value is -1.17. The molecule has 1 aliphatic heterocycles. The molecule has 0 bridgehead atoms. The van der Waals surface area contributed by atoms with Gasteiger partial charge in [0.15, 0.2) is 0 Å². The molecule has 1 N–H and O–H groups in total. The fraction of sp³-hybridized carbons (Fsp3) is 0.357. The number of nitrogens with zero attached hydrogens (tertiary/aromatic N) is 2. The fourth-order valence-electron chi connectivity index (χ4n) is 2.29. The van der Waals surface area contributed by atoms with Crippen LogP contribution in [0.25, 0.3) is 5.69 Å². The van der Waals surface area contributed by atoms with E-state index in [2.05, 4.69) is 55.9 Å². The molecule has 0 aliphatic carbocycles. The summed E-state index contributed by atoms with van der Waals surface area (Å²) < 4.78 is 9.02. The Morgan fingerprint density at radius 2 is 2.37 bits per heavy atom. The Balaban J connectivity index is 1.96. The van der Waals surface area contributed by atoms with Crippen molar-refractivity contribution in [1.29, 1.82) is 0 Å². The number of morpholine rings is 1. The zero-order chi connectivity index (χ0) is 13.2. The summed E-state index contributed by atoms with van der Waals surface area (Å²) in [6.07, 6.45) is 3.80. The van der Waals surface area contributed by atoms with Crippen molar-refractivity contribution in [3.05, 3.63) is 46.5 Å². The second-order valence-electron chi connectivity index (χ2n) is 4.69. The summed E-state index contributed by atoms with van der Waals surface area (Å²) in [6, 6.07) is 6.29. The maximum Gasteiger partial charge on any atom is 0.112 e. The van der Waals surface area contributed by atoms with Gasteiger partial charge >= 0.3 is 0 Å². The van der Waals surface area contributed by atoms with Crippen molar-refractivity contribution in [2.24, 2.45) is 0 Å². The highest BCUT2D eigenvalue weighted by Crippen LogP contribution is 2.24. The number of ether oxygens (including phenoxy) is 1. The molecule has 0 saturated carbocycles. The van der Waals surface area contributed by atoms with E-state index in [1.165, 1.54) is 5.56 Å². The third-order valence-electron chi connectivity index (χ3n) is 3.34. The molecule has 1 aromatic heterocycles. The third kappa shape index (κ3) is 2.59. The molecule has 19 heavy (non-hydrogen) atoms. The number of halogens is 1. The Labute approximate surface area is 120 Å². The van der Waals surface area contributed by atoms with Crippen LogP contribution in [0.5, 0.6) is 0 Å². The van der Waals surface area contributed by atoms with Crippen LogP contribution in [0.15, 0.2) is 35.2 Å². The molecule has 5 heteroatoms. The number of hydrogen-bond acceptors (Lipinski definition) is 3. The molecule has 100 valence electrons. The second-order valence-corrected chi connectivity index (χ2v) is 5.54. The normalized spacial score (nSPS) is 19.6. The van der Waals surface area contributed by atoms with Crippen LogP contribution in [0.2, 0.25) is 0 Å². The summed E-state index contributed by atoms with van der Waals surface area (Å²) in [6.45, 7) is 4.58. The van der Waals surface area contributed by atoms with Gasteiger partial charge in [-0.15, -0.1) is 0 Å². The molecule has 3 rings (SSSR count). The van der Waals surface area contributed by atoms with Gasteiger partial charge in [0.25, 0.3) is 0 Å². The van der Waals surface area contributed by atoms with Gasteiger partial charge in [0.05, 0.1) is 24.8 Å². The van der Waals surface area contributed by atoms with E-state index in [4.69, 9.17) is 4.74 Å². The number of benzene rings is 1. The highest BCUT2D eigenvalue weighted by molar-refractivity contribution is 9.10. The number of aryl methyl sites for hydroxylation is 1. The van der Waals surface area contributed by atoms with E-state index in [-0.39, 0.29) is 6.10 Å². The van der Waals surface area contributed by atoms with E-state index in [9.17, 15) is 0 Å². The van der Waals surface area contributed by atoms with E-state index in [1.54, 1.807) is 0 Å². The molecule has 4 nitrogen and oxygen atoms in total. The first kappa shape index (κ1) is 12.8. The van der Waals surface area contributed by atoms with Gasteiger partial charge in [-0.25, -0.2) is 4.98 Å². The predicted molar refractivity (Wildman–Crippen MR) is 77.6 cm³/mol. The first-order valence-electron chi connectivity index (χ1n) is 6.37. The van der Waals surface area contributed by atoms with Crippen molar-refractivity contribution in [2.45, 2.75) is 13.0 Å². The highest BCUT2D eigenvalue weighted by Gasteiger charge is 2.20. The number of aromatic nitrogens is 2. The molecule has 1 fully saturated rings. The fourth-order valence-corrected chi connectivity index (χ4v) is 2.54. The summed E-state index contributed by atoms with van der Waals surface area (Å²) in [5, 5.41) is 3.35. The largest absolute Gasteiger partial charge is 0.369 e. The van der Waals surface area contributed by atoms with Gasteiger partial charge < -0.3 is 14.6 Å². The van der Waals surface area contributed by atoms with Gasteiger partial charge in [-0.1, -0.05) is 15.9 Å². The quantitative estimate of drug-likeness (QED) is 0.924. The summed E-state index contributed by atoms with van der Waals surface area (Å²) in [4.78, 5) is 4.27. The van der Waals surface area contributed by atoms with Crippen molar-refractivity contribution in [3.8, 4) is 5.69 Å². The lowest BCUT2D eigenvalue weighted by molar-refractivity contribution is 0.0240. The first-order valence-corrected chi connectivity index (χ1v) is 7.16. The maximum absolute atomic E-state index is 5.81. The summed E-state index contributed by atoms with van der Waals surface area (Å²) in [7, 11) is 0. The molecule has 1 unspecified atom stereocenters. The maximum atomic E-state index is 5.81. The highest BCUT2D eigenvalue weighted by atomic mass is 79.9.